The Morgan fingerprint density at radius 2 is 1.88 bits per heavy atom. The van der Waals surface area contributed by atoms with E-state index >= 15 is 0 Å². The number of carbonyl (C=O) groups excluding carboxylic acids is 1. The van der Waals surface area contributed by atoms with E-state index in [2.05, 4.69) is 25.0 Å². The predicted molar refractivity (Wildman–Crippen MR) is 121 cm³/mol. The van der Waals surface area contributed by atoms with Crippen molar-refractivity contribution in [2.24, 2.45) is 5.41 Å². The van der Waals surface area contributed by atoms with Gasteiger partial charge in [0, 0.05) is 38.4 Å². The lowest BCUT2D eigenvalue weighted by molar-refractivity contribution is -0.137. The second-order valence-corrected chi connectivity index (χ2v) is 8.84. The lowest BCUT2D eigenvalue weighted by atomic mass is 9.77. The molecule has 2 saturated heterocycles. The zero-order chi connectivity index (χ0) is 23.7. The molecule has 2 aliphatic heterocycles. The molecule has 5 heterocycles. The van der Waals surface area contributed by atoms with Crippen molar-refractivity contribution in [3.05, 3.63) is 36.3 Å². The average molecular weight is 472 g/mol. The smallest absolute Gasteiger partial charge is 0.258 e. The molecule has 1 spiro atoms. The van der Waals surface area contributed by atoms with Crippen LogP contribution in [0, 0.1) is 5.41 Å². The van der Waals surface area contributed by atoms with Crippen LogP contribution < -0.4 is 9.64 Å². The summed E-state index contributed by atoms with van der Waals surface area (Å²) in [7, 11) is 0. The third-order valence-electron chi connectivity index (χ3n) is 6.75. The van der Waals surface area contributed by atoms with Crippen molar-refractivity contribution < 1.29 is 18.3 Å². The standard InChI is InChI=1S/C23H27F2N7O2/c1-2-34-20-4-3-16(11-27-20)14-31-10-7-23(22(31)33)5-8-30(9-6-23)19-13-26-17-12-28-32(15-18(24)25)21(17)29-19/h3-4,11-13,18H,2,5-10,14-15H2,1H3. The summed E-state index contributed by atoms with van der Waals surface area (Å²) in [4.78, 5) is 30.5. The highest BCUT2D eigenvalue weighted by Crippen LogP contribution is 2.42. The van der Waals surface area contributed by atoms with Gasteiger partial charge in [0.05, 0.1) is 24.4 Å². The Hall–Kier alpha value is -3.37. The molecule has 34 heavy (non-hydrogen) atoms. The van der Waals surface area contributed by atoms with E-state index in [0.29, 0.717) is 49.1 Å². The number of amides is 1. The molecule has 9 nitrogen and oxygen atoms in total. The van der Waals surface area contributed by atoms with E-state index < -0.39 is 13.0 Å². The minimum atomic E-state index is -2.52. The number of pyridine rings is 1. The summed E-state index contributed by atoms with van der Waals surface area (Å²) in [5, 5.41) is 3.98. The minimum Gasteiger partial charge on any atom is -0.478 e. The maximum Gasteiger partial charge on any atom is 0.258 e. The van der Waals surface area contributed by atoms with Gasteiger partial charge in [-0.25, -0.2) is 28.4 Å². The Balaban J connectivity index is 1.23. The number of hydrogen-bond acceptors (Lipinski definition) is 7. The largest absolute Gasteiger partial charge is 0.478 e. The second kappa shape index (κ2) is 9.11. The van der Waals surface area contributed by atoms with E-state index in [1.807, 2.05) is 24.0 Å². The van der Waals surface area contributed by atoms with Crippen LogP contribution in [0.5, 0.6) is 5.88 Å². The first-order chi connectivity index (χ1) is 16.5. The number of piperidine rings is 1. The lowest BCUT2D eigenvalue weighted by Crippen LogP contribution is -2.45. The molecule has 0 aliphatic carbocycles. The quantitative estimate of drug-likeness (QED) is 0.523. The highest BCUT2D eigenvalue weighted by atomic mass is 19.3. The molecular weight excluding hydrogens is 444 g/mol. The van der Waals surface area contributed by atoms with Gasteiger partial charge in [0.2, 0.25) is 11.8 Å². The summed E-state index contributed by atoms with van der Waals surface area (Å²) < 4.78 is 32.3. The molecule has 3 aromatic heterocycles. The van der Waals surface area contributed by atoms with Gasteiger partial charge in [-0.3, -0.25) is 4.79 Å². The maximum atomic E-state index is 13.3. The third kappa shape index (κ3) is 4.26. The Bertz CT molecular complexity index is 1160. The molecule has 0 unspecified atom stereocenters. The molecule has 0 atom stereocenters. The number of nitrogens with zero attached hydrogens (tertiary/aromatic N) is 7. The van der Waals surface area contributed by atoms with Gasteiger partial charge in [-0.2, -0.15) is 5.10 Å². The number of aromatic nitrogens is 5. The van der Waals surface area contributed by atoms with Crippen LogP contribution in [0.3, 0.4) is 0 Å². The van der Waals surface area contributed by atoms with Gasteiger partial charge in [-0.05, 0) is 31.7 Å². The summed E-state index contributed by atoms with van der Waals surface area (Å²) in [6, 6.07) is 3.78. The molecule has 11 heteroatoms. The first kappa shape index (κ1) is 22.4. The number of alkyl halides is 2. The van der Waals surface area contributed by atoms with Crippen molar-refractivity contribution in [1.29, 1.82) is 0 Å². The summed E-state index contributed by atoms with van der Waals surface area (Å²) in [5.74, 6) is 1.40. The Labute approximate surface area is 195 Å². The number of rotatable bonds is 7. The number of carbonyl (C=O) groups is 1. The molecule has 1 amide bonds. The molecule has 0 saturated carbocycles. The number of fused-ring (bicyclic) bond motifs is 1. The van der Waals surface area contributed by atoms with Gasteiger partial charge in [0.25, 0.3) is 6.43 Å². The molecule has 2 fully saturated rings. The summed E-state index contributed by atoms with van der Waals surface area (Å²) in [6.07, 6.45) is 4.62. The van der Waals surface area contributed by atoms with E-state index in [1.165, 1.54) is 10.9 Å². The van der Waals surface area contributed by atoms with Crippen molar-refractivity contribution in [3.8, 4) is 5.88 Å². The van der Waals surface area contributed by atoms with E-state index in [9.17, 15) is 13.6 Å². The van der Waals surface area contributed by atoms with Crippen LogP contribution in [0.1, 0.15) is 31.7 Å². The normalized spacial score (nSPS) is 17.9. The van der Waals surface area contributed by atoms with Crippen LogP contribution in [0.15, 0.2) is 30.7 Å². The molecule has 180 valence electrons. The zero-order valence-electron chi connectivity index (χ0n) is 19.0. The molecule has 0 radical (unpaired) electrons. The monoisotopic (exact) mass is 471 g/mol. The van der Waals surface area contributed by atoms with Gasteiger partial charge in [-0.1, -0.05) is 6.07 Å². The summed E-state index contributed by atoms with van der Waals surface area (Å²) in [5.41, 5.74) is 1.47. The van der Waals surface area contributed by atoms with E-state index in [-0.39, 0.29) is 11.3 Å². The van der Waals surface area contributed by atoms with Crippen molar-refractivity contribution in [1.82, 2.24) is 29.6 Å². The molecule has 0 N–H and O–H groups in total. The highest BCUT2D eigenvalue weighted by Gasteiger charge is 2.48. The van der Waals surface area contributed by atoms with Crippen molar-refractivity contribution >= 4 is 22.9 Å². The average Bonchev–Trinajstić information content (AvgIpc) is 3.37. The minimum absolute atomic E-state index is 0.192. The number of hydrogen-bond donors (Lipinski definition) is 0. The van der Waals surface area contributed by atoms with Crippen molar-refractivity contribution in [2.45, 2.75) is 45.7 Å². The number of likely N-dealkylation sites (tertiary alicyclic amines) is 1. The lowest BCUT2D eigenvalue weighted by Gasteiger charge is -2.38. The van der Waals surface area contributed by atoms with Gasteiger partial charge >= 0.3 is 0 Å². The summed E-state index contributed by atoms with van der Waals surface area (Å²) in [6.45, 7) is 4.55. The van der Waals surface area contributed by atoms with E-state index in [0.717, 1.165) is 31.4 Å². The second-order valence-electron chi connectivity index (χ2n) is 8.84. The SMILES string of the molecule is CCOc1ccc(CN2CCC3(CCN(c4cnc5cnn(CC(F)F)c5n4)CC3)C2=O)cn1. The first-order valence-corrected chi connectivity index (χ1v) is 11.6. The molecule has 3 aromatic rings. The van der Waals surface area contributed by atoms with Crippen LogP contribution in [0.4, 0.5) is 14.6 Å². The highest BCUT2D eigenvalue weighted by molar-refractivity contribution is 5.85. The predicted octanol–water partition coefficient (Wildman–Crippen LogP) is 2.90. The molecular formula is C23H27F2N7O2. The van der Waals surface area contributed by atoms with Gasteiger partial charge < -0.3 is 14.5 Å². The maximum absolute atomic E-state index is 13.3. The Morgan fingerprint density at radius 3 is 2.59 bits per heavy atom. The topological polar surface area (TPSA) is 89.3 Å². The van der Waals surface area contributed by atoms with Crippen molar-refractivity contribution in [3.63, 3.8) is 0 Å². The van der Waals surface area contributed by atoms with E-state index in [1.54, 1.807) is 12.4 Å². The molecule has 5 rings (SSSR count). The number of anilines is 1. The molecule has 0 bridgehead atoms. The fraction of sp³-hybridized carbons (Fsp3) is 0.522. The van der Waals surface area contributed by atoms with Crippen LogP contribution in [0.25, 0.3) is 11.2 Å². The van der Waals surface area contributed by atoms with Crippen LogP contribution in [-0.2, 0) is 17.9 Å². The number of halogens is 2. The van der Waals surface area contributed by atoms with Gasteiger partial charge in [0.15, 0.2) is 5.65 Å². The van der Waals surface area contributed by atoms with Crippen LogP contribution >= 0.6 is 0 Å². The third-order valence-corrected chi connectivity index (χ3v) is 6.75. The first-order valence-electron chi connectivity index (χ1n) is 11.6. The summed E-state index contributed by atoms with van der Waals surface area (Å²) >= 11 is 0. The molecule has 0 aromatic carbocycles. The zero-order valence-corrected chi connectivity index (χ0v) is 19.0. The molecule has 2 aliphatic rings. The number of ether oxygens (including phenoxy) is 1. The van der Waals surface area contributed by atoms with Crippen molar-refractivity contribution in [2.75, 3.05) is 31.1 Å². The fourth-order valence-electron chi connectivity index (χ4n) is 4.89. The Morgan fingerprint density at radius 1 is 1.09 bits per heavy atom. The van der Waals surface area contributed by atoms with Crippen LogP contribution in [0.2, 0.25) is 0 Å². The Kier molecular flexibility index (Phi) is 6.01. The van der Waals surface area contributed by atoms with Gasteiger partial charge in [0.1, 0.15) is 17.9 Å². The van der Waals surface area contributed by atoms with Crippen LogP contribution in [-0.4, -0.2) is 68.2 Å². The fourth-order valence-corrected chi connectivity index (χ4v) is 4.89. The van der Waals surface area contributed by atoms with E-state index in [4.69, 9.17) is 4.74 Å². The van der Waals surface area contributed by atoms with Gasteiger partial charge in [-0.15, -0.1) is 0 Å².